The number of carbonyl (C=O) groups is 2. The first-order valence-electron chi connectivity index (χ1n) is 10.9. The molecule has 5 nitrogen and oxygen atoms in total. The van der Waals surface area contributed by atoms with Crippen LogP contribution in [0.1, 0.15) is 33.0 Å². The van der Waals surface area contributed by atoms with Crippen molar-refractivity contribution in [2.75, 3.05) is 16.4 Å². The fourth-order valence-electron chi connectivity index (χ4n) is 4.10. The number of rotatable bonds is 5. The first-order valence-corrected chi connectivity index (χ1v) is 12.1. The number of benzene rings is 3. The van der Waals surface area contributed by atoms with Crippen LogP contribution in [0, 0.1) is 30.3 Å². The summed E-state index contributed by atoms with van der Waals surface area (Å²) in [6.45, 7) is 1.14. The third kappa shape index (κ3) is 5.48. The Kier molecular flexibility index (Phi) is 7.48. The van der Waals surface area contributed by atoms with E-state index in [2.05, 4.69) is 10.6 Å². The van der Waals surface area contributed by atoms with Gasteiger partial charge in [0.15, 0.2) is 5.82 Å². The van der Waals surface area contributed by atoms with Crippen LogP contribution < -0.4 is 16.4 Å². The van der Waals surface area contributed by atoms with Crippen LogP contribution in [0.2, 0.25) is 5.02 Å². The number of nitrogens with one attached hydrogen (secondary N) is 2. The Balaban J connectivity index is 1.55. The maximum Gasteiger partial charge on any atom is 0.419 e. The molecule has 1 fully saturated rings. The van der Waals surface area contributed by atoms with Gasteiger partial charge in [0.05, 0.1) is 27.8 Å². The third-order valence-corrected chi connectivity index (χ3v) is 7.40. The summed E-state index contributed by atoms with van der Waals surface area (Å²) in [5.41, 5.74) is 1.98. The number of nitrogen functional groups attached to an aromatic ring is 1. The van der Waals surface area contributed by atoms with Crippen molar-refractivity contribution in [2.45, 2.75) is 23.4 Å². The lowest BCUT2D eigenvalue weighted by Crippen LogP contribution is -2.18. The van der Waals surface area contributed by atoms with Gasteiger partial charge in [-0.05, 0) is 54.4 Å². The van der Waals surface area contributed by atoms with E-state index in [0.29, 0.717) is 6.07 Å². The van der Waals surface area contributed by atoms with Crippen LogP contribution in [0.5, 0.6) is 0 Å². The SMILES string of the molecule is Cc1cc([C@H]2[C@H](C(=O)Nc3ccc(Cl)c(C(=O)Nc4ccc(F)c(N)c4F)c3)C2(Cl)Cl)cc(C(F)(F)F)c1F. The Labute approximate surface area is 232 Å². The van der Waals surface area contributed by atoms with E-state index >= 15 is 0 Å². The fraction of sp³-hybridized carbons (Fsp3) is 0.200. The van der Waals surface area contributed by atoms with Gasteiger partial charge in [-0.15, -0.1) is 23.2 Å². The zero-order valence-corrected chi connectivity index (χ0v) is 21.8. The highest BCUT2D eigenvalue weighted by atomic mass is 35.5. The van der Waals surface area contributed by atoms with E-state index in [-0.39, 0.29) is 27.4 Å². The zero-order valence-electron chi connectivity index (χ0n) is 19.5. The molecule has 1 saturated carbocycles. The summed E-state index contributed by atoms with van der Waals surface area (Å²) in [5, 5.41) is 4.57. The Morgan fingerprint density at radius 3 is 2.28 bits per heavy atom. The van der Waals surface area contributed by atoms with Crippen LogP contribution >= 0.6 is 34.8 Å². The molecule has 14 heteroatoms. The average molecular weight is 611 g/mol. The monoisotopic (exact) mass is 609 g/mol. The number of anilines is 3. The van der Waals surface area contributed by atoms with Gasteiger partial charge in [-0.25, -0.2) is 13.2 Å². The lowest BCUT2D eigenvalue weighted by molar-refractivity contribution is -0.140. The second-order valence-corrected chi connectivity index (χ2v) is 10.6. The van der Waals surface area contributed by atoms with Crippen molar-refractivity contribution in [1.82, 2.24) is 0 Å². The van der Waals surface area contributed by atoms with Crippen LogP contribution in [0.15, 0.2) is 42.5 Å². The van der Waals surface area contributed by atoms with Gasteiger partial charge >= 0.3 is 6.18 Å². The van der Waals surface area contributed by atoms with Gasteiger partial charge in [-0.3, -0.25) is 9.59 Å². The second kappa shape index (κ2) is 10.1. The average Bonchev–Trinajstić information content (AvgIpc) is 3.43. The molecular weight excluding hydrogens is 595 g/mol. The Morgan fingerprint density at radius 1 is 0.974 bits per heavy atom. The Bertz CT molecular complexity index is 1510. The molecule has 1 aliphatic rings. The van der Waals surface area contributed by atoms with E-state index in [1.807, 2.05) is 0 Å². The van der Waals surface area contributed by atoms with Crippen molar-refractivity contribution in [1.29, 1.82) is 0 Å². The molecule has 0 bridgehead atoms. The number of aryl methyl sites for hydroxylation is 1. The van der Waals surface area contributed by atoms with E-state index in [1.165, 1.54) is 12.1 Å². The highest BCUT2D eigenvalue weighted by molar-refractivity contribution is 6.53. The van der Waals surface area contributed by atoms with Crippen LogP contribution in [0.25, 0.3) is 0 Å². The van der Waals surface area contributed by atoms with Crippen molar-refractivity contribution in [3.63, 3.8) is 0 Å². The second-order valence-electron chi connectivity index (χ2n) is 8.79. The van der Waals surface area contributed by atoms with Gasteiger partial charge in [0.1, 0.15) is 21.7 Å². The lowest BCUT2D eigenvalue weighted by atomic mass is 10.0. The summed E-state index contributed by atoms with van der Waals surface area (Å²) in [4.78, 5) is 25.7. The number of amides is 2. The van der Waals surface area contributed by atoms with Crippen LogP contribution in [-0.2, 0) is 11.0 Å². The van der Waals surface area contributed by atoms with Crippen molar-refractivity contribution in [3.05, 3.63) is 87.2 Å². The molecule has 2 amide bonds. The molecule has 39 heavy (non-hydrogen) atoms. The van der Waals surface area contributed by atoms with Gasteiger partial charge in [-0.1, -0.05) is 17.7 Å². The van der Waals surface area contributed by atoms with E-state index in [1.54, 1.807) is 0 Å². The number of alkyl halides is 5. The minimum Gasteiger partial charge on any atom is -0.394 e. The van der Waals surface area contributed by atoms with Crippen LogP contribution in [0.3, 0.4) is 0 Å². The molecule has 1 aliphatic carbocycles. The molecule has 2 atom stereocenters. The molecule has 0 heterocycles. The van der Waals surface area contributed by atoms with Gasteiger partial charge < -0.3 is 16.4 Å². The van der Waals surface area contributed by atoms with E-state index in [0.717, 1.165) is 31.2 Å². The molecule has 0 radical (unpaired) electrons. The minimum atomic E-state index is -4.98. The minimum absolute atomic E-state index is 0.0229. The molecule has 0 saturated heterocycles. The van der Waals surface area contributed by atoms with Gasteiger partial charge in [0, 0.05) is 11.6 Å². The summed E-state index contributed by atoms with van der Waals surface area (Å²) in [6.07, 6.45) is -4.98. The predicted octanol–water partition coefficient (Wildman–Crippen LogP) is 7.45. The number of nitrogens with two attached hydrogens (primary N) is 1. The van der Waals surface area contributed by atoms with Gasteiger partial charge in [0.25, 0.3) is 5.91 Å². The molecule has 4 N–H and O–H groups in total. The summed E-state index contributed by atoms with van der Waals surface area (Å²) in [7, 11) is 0. The summed E-state index contributed by atoms with van der Waals surface area (Å²) < 4.78 is 79.7. The normalized spacial score (nSPS) is 18.0. The third-order valence-electron chi connectivity index (χ3n) is 6.13. The quantitative estimate of drug-likeness (QED) is 0.159. The largest absolute Gasteiger partial charge is 0.419 e. The molecule has 0 unspecified atom stereocenters. The molecule has 0 aliphatic heterocycles. The molecule has 0 aromatic heterocycles. The standard InChI is InChI=1S/C25H16Cl3F6N3O2/c1-9-6-10(7-13(19(9)30)25(32,33)34)17-18(24(17,27)28)23(39)36-11-2-3-14(26)12(8-11)22(38)37-16-5-4-15(29)21(35)20(16)31/h2-8,17-18H,35H2,1H3,(H,36,39)(H,37,38)/t17-,18+/m0/s1. The van der Waals surface area contributed by atoms with Crippen molar-refractivity contribution >= 4 is 63.7 Å². The Morgan fingerprint density at radius 2 is 1.64 bits per heavy atom. The highest BCUT2D eigenvalue weighted by Crippen LogP contribution is 2.65. The fourth-order valence-corrected chi connectivity index (χ4v) is 5.14. The lowest BCUT2D eigenvalue weighted by Gasteiger charge is -2.13. The van der Waals surface area contributed by atoms with Crippen molar-refractivity contribution < 1.29 is 35.9 Å². The molecule has 0 spiro atoms. The van der Waals surface area contributed by atoms with Crippen molar-refractivity contribution in [3.8, 4) is 0 Å². The van der Waals surface area contributed by atoms with E-state index < -0.39 is 68.5 Å². The molecule has 206 valence electrons. The highest BCUT2D eigenvalue weighted by Gasteiger charge is 2.68. The zero-order chi connectivity index (χ0) is 29.0. The molecule has 3 aromatic rings. The number of halogens is 9. The molecular formula is C25H16Cl3F6N3O2. The van der Waals surface area contributed by atoms with E-state index in [9.17, 15) is 35.9 Å². The maximum absolute atomic E-state index is 14.2. The number of hydrogen-bond acceptors (Lipinski definition) is 3. The van der Waals surface area contributed by atoms with Crippen LogP contribution in [-0.4, -0.2) is 16.1 Å². The topological polar surface area (TPSA) is 84.2 Å². The number of hydrogen-bond donors (Lipinski definition) is 3. The first kappa shape index (κ1) is 28.8. The number of carbonyl (C=O) groups excluding carboxylic acids is 2. The maximum atomic E-state index is 14.2. The van der Waals surface area contributed by atoms with Crippen molar-refractivity contribution in [2.24, 2.45) is 5.92 Å². The summed E-state index contributed by atoms with van der Waals surface area (Å²) >= 11 is 18.5. The van der Waals surface area contributed by atoms with Crippen LogP contribution in [0.4, 0.5) is 43.4 Å². The van der Waals surface area contributed by atoms with E-state index in [4.69, 9.17) is 40.5 Å². The predicted molar refractivity (Wildman–Crippen MR) is 136 cm³/mol. The smallest absolute Gasteiger partial charge is 0.394 e. The molecule has 4 rings (SSSR count). The summed E-state index contributed by atoms with van der Waals surface area (Å²) in [6, 6.07) is 7.21. The van der Waals surface area contributed by atoms with Gasteiger partial charge in [0.2, 0.25) is 5.91 Å². The Hall–Kier alpha value is -3.15. The summed E-state index contributed by atoms with van der Waals surface area (Å²) in [5.74, 6) is -7.71. The van der Waals surface area contributed by atoms with Gasteiger partial charge in [-0.2, -0.15) is 13.2 Å². The molecule has 3 aromatic carbocycles. The first-order chi connectivity index (χ1) is 18.0.